The van der Waals surface area contributed by atoms with E-state index < -0.39 is 24.7 Å². The minimum absolute atomic E-state index is 0. The summed E-state index contributed by atoms with van der Waals surface area (Å²) in [4.78, 5) is 9.73. The molecular formula is C13H35Li2N3Si3. The van der Waals surface area contributed by atoms with E-state index in [1.54, 1.807) is 0 Å². The monoisotopic (exact) mass is 331 g/mol. The molecule has 0 aromatic rings. The molecular weight excluding hydrogens is 296 g/mol. The number of hydrogen-bond acceptors (Lipinski definition) is 1. The summed E-state index contributed by atoms with van der Waals surface area (Å²) < 4.78 is 2.67. The topological polar surface area (TPSA) is 31.4 Å². The second kappa shape index (κ2) is 11.3. The zero-order valence-electron chi connectivity index (χ0n) is 16.7. The molecule has 0 rings (SSSR count). The quantitative estimate of drug-likeness (QED) is 0.476. The van der Waals surface area contributed by atoms with Crippen LogP contribution < -0.4 is 37.7 Å². The Morgan fingerprint density at radius 1 is 0.619 bits per heavy atom. The first-order chi connectivity index (χ1) is 8.31. The zero-order chi connectivity index (χ0) is 15.3. The summed E-state index contributed by atoms with van der Waals surface area (Å²) in [6.07, 6.45) is 0. The summed E-state index contributed by atoms with van der Waals surface area (Å²) in [7, 11) is -3.73. The van der Waals surface area contributed by atoms with Crippen LogP contribution in [0.1, 0.15) is 0 Å². The van der Waals surface area contributed by atoms with Gasteiger partial charge in [-0.3, -0.25) is 0 Å². The average Bonchev–Trinajstić information content (AvgIpc) is 2.09. The Morgan fingerprint density at radius 3 is 1.10 bits per heavy atom. The van der Waals surface area contributed by atoms with Crippen LogP contribution in [0.3, 0.4) is 0 Å². The summed E-state index contributed by atoms with van der Waals surface area (Å²) in [5, 5.41) is 0. The second-order valence-electron chi connectivity index (χ2n) is 8.26. The third-order valence-corrected chi connectivity index (χ3v) is 7.55. The standard InChI is InChI=1S/C13H35N3Si3.2Li/c1-17(2,3)14-10-12-16(19(7,8)9)13-11-15-18(4,5)6;;/h10-13H2,1-9H3;;/q-2;2*+1. The Hall–Kier alpha value is 1.73. The first kappa shape index (κ1) is 27.6. The molecule has 0 aromatic heterocycles. The maximum absolute atomic E-state index is 4.86. The van der Waals surface area contributed by atoms with Crippen molar-refractivity contribution in [1.29, 1.82) is 0 Å². The zero-order valence-corrected chi connectivity index (χ0v) is 19.7. The minimum atomic E-state index is -1.25. The molecule has 0 spiro atoms. The Bertz CT molecular complexity index is 241. The van der Waals surface area contributed by atoms with Gasteiger partial charge in [-0.15, -0.1) is 13.1 Å². The molecule has 3 nitrogen and oxygen atoms in total. The van der Waals surface area contributed by atoms with Crippen molar-refractivity contribution in [3.8, 4) is 0 Å². The van der Waals surface area contributed by atoms with Gasteiger partial charge in [0, 0.05) is 0 Å². The van der Waals surface area contributed by atoms with Crippen LogP contribution >= 0.6 is 0 Å². The van der Waals surface area contributed by atoms with Crippen LogP contribution in [0.2, 0.25) is 58.9 Å². The van der Waals surface area contributed by atoms with Gasteiger partial charge in [0.2, 0.25) is 0 Å². The Morgan fingerprint density at radius 2 is 0.905 bits per heavy atom. The fourth-order valence-electron chi connectivity index (χ4n) is 1.79. The van der Waals surface area contributed by atoms with Gasteiger partial charge in [-0.05, 0) is 13.1 Å². The maximum Gasteiger partial charge on any atom is 1.00 e. The molecule has 116 valence electrons. The van der Waals surface area contributed by atoms with E-state index >= 15 is 0 Å². The number of hydrogen-bond donors (Lipinski definition) is 0. The van der Waals surface area contributed by atoms with Crippen LogP contribution in [-0.2, 0) is 0 Å². The predicted molar refractivity (Wildman–Crippen MR) is 98.1 cm³/mol. The van der Waals surface area contributed by atoms with E-state index in [4.69, 9.17) is 9.96 Å². The molecule has 0 amide bonds. The molecule has 0 aliphatic rings. The normalized spacial score (nSPS) is 12.9. The van der Waals surface area contributed by atoms with Crippen molar-refractivity contribution < 1.29 is 37.7 Å². The molecule has 0 fully saturated rings. The summed E-state index contributed by atoms with van der Waals surface area (Å²) in [6.45, 7) is 25.4. The van der Waals surface area contributed by atoms with Crippen molar-refractivity contribution in [1.82, 2.24) is 4.57 Å². The van der Waals surface area contributed by atoms with Crippen molar-refractivity contribution in [2.75, 3.05) is 26.2 Å². The fourth-order valence-corrected chi connectivity index (χ4v) is 4.88. The maximum atomic E-state index is 4.86. The smallest absolute Gasteiger partial charge is 0.664 e. The van der Waals surface area contributed by atoms with E-state index in [-0.39, 0.29) is 37.7 Å². The summed E-state index contributed by atoms with van der Waals surface area (Å²) in [5.74, 6) is 0. The van der Waals surface area contributed by atoms with Gasteiger partial charge in [0.15, 0.2) is 0 Å². The molecule has 8 heteroatoms. The van der Waals surface area contributed by atoms with Crippen molar-refractivity contribution in [2.24, 2.45) is 0 Å². The molecule has 21 heavy (non-hydrogen) atoms. The summed E-state index contributed by atoms with van der Waals surface area (Å²) in [6, 6.07) is 0. The van der Waals surface area contributed by atoms with Gasteiger partial charge in [-0.2, -0.15) is 0 Å². The second-order valence-corrected chi connectivity index (χ2v) is 22.6. The molecule has 0 saturated heterocycles. The molecule has 0 aliphatic carbocycles. The third kappa shape index (κ3) is 17.9. The van der Waals surface area contributed by atoms with Crippen molar-refractivity contribution in [3.63, 3.8) is 0 Å². The number of nitrogens with zero attached hydrogens (tertiary/aromatic N) is 3. The van der Waals surface area contributed by atoms with E-state index in [2.05, 4.69) is 63.5 Å². The van der Waals surface area contributed by atoms with Gasteiger partial charge in [0.05, 0.1) is 0 Å². The molecule has 0 bridgehead atoms. The van der Waals surface area contributed by atoms with E-state index in [9.17, 15) is 0 Å². The Labute approximate surface area is 161 Å². The van der Waals surface area contributed by atoms with Gasteiger partial charge in [0.1, 0.15) is 8.24 Å². The van der Waals surface area contributed by atoms with Crippen LogP contribution in [0.15, 0.2) is 0 Å². The average molecular weight is 332 g/mol. The minimum Gasteiger partial charge on any atom is -0.664 e. The molecule has 0 radical (unpaired) electrons. The summed E-state index contributed by atoms with van der Waals surface area (Å²) in [5.41, 5.74) is 0. The van der Waals surface area contributed by atoms with E-state index in [1.165, 1.54) is 0 Å². The van der Waals surface area contributed by atoms with E-state index in [0.29, 0.717) is 0 Å². The molecule has 0 aromatic carbocycles. The molecule has 0 N–H and O–H groups in total. The molecule has 0 heterocycles. The first-order valence-electron chi connectivity index (χ1n) is 7.44. The van der Waals surface area contributed by atoms with Gasteiger partial charge < -0.3 is 14.5 Å². The van der Waals surface area contributed by atoms with Gasteiger partial charge in [0.25, 0.3) is 0 Å². The molecule has 0 saturated carbocycles. The largest absolute Gasteiger partial charge is 1.00 e. The molecule has 0 atom stereocenters. The third-order valence-electron chi connectivity index (χ3n) is 2.86. The van der Waals surface area contributed by atoms with Crippen LogP contribution in [0.5, 0.6) is 0 Å². The van der Waals surface area contributed by atoms with Gasteiger partial charge in [-0.1, -0.05) is 75.4 Å². The van der Waals surface area contributed by atoms with E-state index in [0.717, 1.165) is 26.2 Å². The van der Waals surface area contributed by atoms with Crippen LogP contribution in [-0.4, -0.2) is 55.5 Å². The fraction of sp³-hybridized carbons (Fsp3) is 1.00. The van der Waals surface area contributed by atoms with Crippen LogP contribution in [0.4, 0.5) is 0 Å². The first-order valence-corrected chi connectivity index (χ1v) is 17.8. The van der Waals surface area contributed by atoms with Gasteiger partial charge in [-0.25, -0.2) is 0 Å². The van der Waals surface area contributed by atoms with Crippen LogP contribution in [0.25, 0.3) is 9.96 Å². The van der Waals surface area contributed by atoms with Gasteiger partial charge >= 0.3 is 37.7 Å². The SMILES string of the molecule is C[Si](C)(C)[N-]CCN(CC[N-][Si](C)(C)C)[Si](C)(C)C.[Li+].[Li+]. The Kier molecular flexibility index (Phi) is 14.8. The predicted octanol–water partition coefficient (Wildman–Crippen LogP) is -1.45. The number of rotatable bonds is 9. The summed E-state index contributed by atoms with van der Waals surface area (Å²) >= 11 is 0. The molecule has 0 aliphatic heterocycles. The Balaban J connectivity index is -0.00000162. The van der Waals surface area contributed by atoms with Crippen molar-refractivity contribution in [3.05, 3.63) is 9.96 Å². The van der Waals surface area contributed by atoms with Crippen molar-refractivity contribution in [2.45, 2.75) is 58.9 Å². The van der Waals surface area contributed by atoms with E-state index in [1.807, 2.05) is 0 Å². The van der Waals surface area contributed by atoms with Crippen LogP contribution in [0, 0.1) is 0 Å². The van der Waals surface area contributed by atoms with Crippen molar-refractivity contribution >= 4 is 24.7 Å². The molecule has 0 unspecified atom stereocenters.